The van der Waals surface area contributed by atoms with Crippen molar-refractivity contribution in [2.75, 3.05) is 46.0 Å². The number of amides is 2. The number of hydrogen-bond acceptors (Lipinski definition) is 18. The second kappa shape index (κ2) is 23.0. The predicted molar refractivity (Wildman–Crippen MR) is 271 cm³/mol. The summed E-state index contributed by atoms with van der Waals surface area (Å²) in [6.07, 6.45) is -11.8. The first-order chi connectivity index (χ1) is 36.6. The minimum Gasteiger partial charge on any atom is -0.455 e. The van der Waals surface area contributed by atoms with Crippen molar-refractivity contribution < 1.29 is 81.7 Å². The minimum atomic E-state index is -2.49. The number of benzene rings is 3. The van der Waals surface area contributed by atoms with Gasteiger partial charge in [0.15, 0.2) is 17.5 Å². The Hall–Kier alpha value is -6.84. The molecule has 2 saturated carbocycles. The van der Waals surface area contributed by atoms with Gasteiger partial charge in [-0.15, -0.1) is 0 Å². The highest BCUT2D eigenvalue weighted by Crippen LogP contribution is 2.64. The summed E-state index contributed by atoms with van der Waals surface area (Å²) in [4.78, 5) is 115. The zero-order valence-electron chi connectivity index (χ0n) is 44.0. The average Bonchev–Trinajstić information content (AvgIpc) is 3.50. The maximum Gasteiger partial charge on any atom is 0.350 e. The molecule has 4 fully saturated rings. The van der Waals surface area contributed by atoms with E-state index in [0.717, 1.165) is 13.8 Å². The van der Waals surface area contributed by atoms with E-state index in [1.807, 2.05) is 0 Å². The molecule has 3 aromatic carbocycles. The average molecular weight is 1070 g/mol. The van der Waals surface area contributed by atoms with E-state index in [0.29, 0.717) is 45.0 Å². The fourth-order valence-corrected chi connectivity index (χ4v) is 12.0. The Morgan fingerprint density at radius 3 is 2.04 bits per heavy atom. The molecule has 3 aromatic rings. The van der Waals surface area contributed by atoms with E-state index in [2.05, 4.69) is 15.5 Å². The number of Topliss-reactive ketones (excluding diaryl/α,β-unsaturated/α-hetero) is 1. The van der Waals surface area contributed by atoms with Gasteiger partial charge in [-0.25, -0.2) is 9.59 Å². The summed E-state index contributed by atoms with van der Waals surface area (Å²) in [5.41, 5.74) is -7.62. The first kappa shape index (κ1) is 56.4. The maximum atomic E-state index is 15.8. The lowest BCUT2D eigenvalue weighted by Gasteiger charge is -2.67. The van der Waals surface area contributed by atoms with Crippen LogP contribution < -0.4 is 10.6 Å². The van der Waals surface area contributed by atoms with Crippen LogP contribution in [-0.4, -0.2) is 156 Å². The van der Waals surface area contributed by atoms with Gasteiger partial charge in [0.25, 0.3) is 5.91 Å². The molecule has 20 nitrogen and oxygen atoms in total. The Bertz CT molecular complexity index is 2750. The molecule has 8 rings (SSSR count). The van der Waals surface area contributed by atoms with Crippen LogP contribution in [0.2, 0.25) is 0 Å². The van der Waals surface area contributed by atoms with E-state index in [4.69, 9.17) is 33.2 Å². The molecule has 4 N–H and O–H groups in total. The monoisotopic (exact) mass is 1070 g/mol. The summed E-state index contributed by atoms with van der Waals surface area (Å²) in [6.45, 7) is 11.3. The van der Waals surface area contributed by atoms with Crippen molar-refractivity contribution >= 4 is 47.4 Å². The topological polar surface area (TPSA) is 269 Å². The van der Waals surface area contributed by atoms with Crippen molar-refractivity contribution in [1.29, 1.82) is 0 Å². The molecule has 0 radical (unpaired) electrons. The van der Waals surface area contributed by atoms with Gasteiger partial charge in [0.1, 0.15) is 30.0 Å². The Kier molecular flexibility index (Phi) is 16.8. The molecule has 2 heterocycles. The van der Waals surface area contributed by atoms with Crippen LogP contribution in [0.25, 0.3) is 0 Å². The highest BCUT2D eigenvalue weighted by molar-refractivity contribution is 5.96. The van der Waals surface area contributed by atoms with E-state index in [1.165, 1.54) is 26.0 Å². The van der Waals surface area contributed by atoms with Gasteiger partial charge in [-0.2, -0.15) is 0 Å². The summed E-state index contributed by atoms with van der Waals surface area (Å²) in [7, 11) is 0. The smallest absolute Gasteiger partial charge is 0.350 e. The van der Waals surface area contributed by atoms with Crippen molar-refractivity contribution in [3.63, 3.8) is 0 Å². The van der Waals surface area contributed by atoms with Crippen molar-refractivity contribution in [3.05, 3.63) is 119 Å². The summed E-state index contributed by atoms with van der Waals surface area (Å²) >= 11 is 0. The van der Waals surface area contributed by atoms with E-state index in [9.17, 15) is 39.0 Å². The molecular formula is C57H67N3O17. The first-order valence-electron chi connectivity index (χ1n) is 25.9. The molecule has 2 aliphatic heterocycles. The lowest BCUT2D eigenvalue weighted by atomic mass is 9.44. The number of nitrogens with zero attached hydrogens (tertiary/aromatic N) is 1. The van der Waals surface area contributed by atoms with E-state index in [-0.39, 0.29) is 41.7 Å². The second-order valence-electron chi connectivity index (χ2n) is 21.1. The van der Waals surface area contributed by atoms with Crippen molar-refractivity contribution in [2.45, 2.75) is 121 Å². The van der Waals surface area contributed by atoms with Gasteiger partial charge in [-0.3, -0.25) is 33.7 Å². The number of carbonyl (C=O) groups is 8. The normalized spacial score (nSPS) is 29.2. The molecule has 77 heavy (non-hydrogen) atoms. The fraction of sp³-hybridized carbons (Fsp3) is 0.509. The van der Waals surface area contributed by atoms with Crippen LogP contribution in [0.1, 0.15) is 99.5 Å². The first-order valence-corrected chi connectivity index (χ1v) is 25.9. The third-order valence-electron chi connectivity index (χ3n) is 16.1. The number of aliphatic hydroxyl groups excluding tert-OH is 1. The standard InChI is InChI=1S/C57H67N3O17/c1-33-39(74-53(69)47(75-43(65)23-22-42(64)58-24-25-60-26-28-71-29-27-60)45(36-16-10-7-11-17-36)59-51(67)37-18-12-8-13-19-37)31-57(70)50(76-52(68)38-20-14-9-15-21-38)48-55(6,40(63)30-41-56(48,32-72-41)77-35(3)62)49(66)46(73-34(2)61)44(33)54(57,4)5/h7-21,39-41,45-48,50,63,70H,22-32H2,1-6H3,(H,58,64)(H,59,67)/t39-,40-,41+,45-,46+,47+,48-,50-,55+,56-,57+/m0/s1. The zero-order valence-corrected chi connectivity index (χ0v) is 44.0. The third kappa shape index (κ3) is 11.2. The Morgan fingerprint density at radius 1 is 0.818 bits per heavy atom. The SMILES string of the molecule is CC(=O)O[C@H]1C(=O)[C@@]2(C)[C@H]([C@H](OC(=O)c3ccccc3)[C@]3(O)C[C@H](OC(=O)[C@H](OC(=O)CCC(=O)NCCN4CCOCC4)[C@@H](NC(=O)c4ccccc4)c4ccccc4)C(C)=C1C3(C)C)[C@]1(OC(C)=O)CO[C@@H]1C[C@@H]2O. The second-order valence-corrected chi connectivity index (χ2v) is 21.1. The van der Waals surface area contributed by atoms with Gasteiger partial charge >= 0.3 is 29.8 Å². The van der Waals surface area contributed by atoms with Gasteiger partial charge in [0.2, 0.25) is 12.0 Å². The number of rotatable bonds is 17. The Labute approximate surface area is 446 Å². The highest BCUT2D eigenvalue weighted by atomic mass is 16.6. The van der Waals surface area contributed by atoms with Crippen LogP contribution in [0, 0.1) is 16.7 Å². The zero-order chi connectivity index (χ0) is 55.5. The minimum absolute atomic E-state index is 0.0338. The van der Waals surface area contributed by atoms with Crippen LogP contribution in [0.15, 0.2) is 102 Å². The van der Waals surface area contributed by atoms with Gasteiger partial charge < -0.3 is 54.0 Å². The third-order valence-corrected chi connectivity index (χ3v) is 16.1. The molecule has 0 spiro atoms. The van der Waals surface area contributed by atoms with Crippen molar-refractivity contribution in [2.24, 2.45) is 16.7 Å². The van der Waals surface area contributed by atoms with Gasteiger partial charge in [-0.05, 0) is 54.8 Å². The fourth-order valence-electron chi connectivity index (χ4n) is 12.0. The van der Waals surface area contributed by atoms with Crippen LogP contribution in [-0.2, 0) is 61.9 Å². The largest absolute Gasteiger partial charge is 0.455 e. The van der Waals surface area contributed by atoms with Crippen molar-refractivity contribution in [3.8, 4) is 0 Å². The molecule has 2 amide bonds. The molecule has 20 heteroatoms. The number of carbonyl (C=O) groups excluding carboxylic acids is 8. The predicted octanol–water partition coefficient (Wildman–Crippen LogP) is 3.52. The Morgan fingerprint density at radius 2 is 1.44 bits per heavy atom. The lowest BCUT2D eigenvalue weighted by Crippen LogP contribution is -2.82. The van der Waals surface area contributed by atoms with E-state index in [1.54, 1.807) is 92.7 Å². The number of fused-ring (bicyclic) bond motifs is 5. The number of morpholine rings is 1. The number of ether oxygens (including phenoxy) is 7. The highest BCUT2D eigenvalue weighted by Gasteiger charge is 2.78. The van der Waals surface area contributed by atoms with Crippen LogP contribution in [0.5, 0.6) is 0 Å². The van der Waals surface area contributed by atoms with Crippen LogP contribution in [0.4, 0.5) is 0 Å². The van der Waals surface area contributed by atoms with E-state index < -0.39 is 131 Å². The molecule has 11 atom stereocenters. The summed E-state index contributed by atoms with van der Waals surface area (Å²) < 4.78 is 42.3. The van der Waals surface area contributed by atoms with Crippen LogP contribution >= 0.6 is 0 Å². The molecular weight excluding hydrogens is 999 g/mol. The summed E-state index contributed by atoms with van der Waals surface area (Å²) in [6, 6.07) is 22.6. The quantitative estimate of drug-likeness (QED) is 0.0856. The number of aliphatic hydroxyl groups is 2. The van der Waals surface area contributed by atoms with Crippen molar-refractivity contribution in [1.82, 2.24) is 15.5 Å². The van der Waals surface area contributed by atoms with Crippen LogP contribution in [0.3, 0.4) is 0 Å². The van der Waals surface area contributed by atoms with Gasteiger partial charge in [0.05, 0.1) is 49.2 Å². The van der Waals surface area contributed by atoms with Gasteiger partial charge in [0, 0.05) is 70.3 Å². The summed E-state index contributed by atoms with van der Waals surface area (Å²) in [5.74, 6) is -8.62. The molecule has 2 saturated heterocycles. The lowest BCUT2D eigenvalue weighted by molar-refractivity contribution is -0.346. The maximum absolute atomic E-state index is 15.8. The molecule has 0 aromatic heterocycles. The number of ketones is 1. The number of hydrogen-bond donors (Lipinski definition) is 4. The molecule has 3 aliphatic carbocycles. The Balaban J connectivity index is 1.22. The molecule has 2 bridgehead atoms. The number of esters is 5. The van der Waals surface area contributed by atoms with Gasteiger partial charge in [-0.1, -0.05) is 80.6 Å². The number of nitrogens with one attached hydrogen (secondary N) is 2. The molecule has 0 unspecified atom stereocenters. The summed E-state index contributed by atoms with van der Waals surface area (Å²) in [5, 5.41) is 31.9. The van der Waals surface area contributed by atoms with E-state index >= 15 is 9.59 Å². The molecule has 412 valence electrons. The molecule has 5 aliphatic rings.